The molecule has 0 saturated heterocycles. The van der Waals surface area contributed by atoms with Gasteiger partial charge in [0, 0.05) is 16.0 Å². The van der Waals surface area contributed by atoms with Gasteiger partial charge in [0.2, 0.25) is 5.24 Å². The Morgan fingerprint density at radius 2 is 1.78 bits per heavy atom. The van der Waals surface area contributed by atoms with Crippen LogP contribution in [0.1, 0.15) is 19.4 Å². The molecule has 0 spiro atoms. The first kappa shape index (κ1) is 13.9. The molecule has 0 N–H and O–H groups in total. The Morgan fingerprint density at radius 1 is 1.22 bits per heavy atom. The molecule has 4 heteroatoms. The second kappa shape index (κ2) is 4.88. The average molecular weight is 304 g/mol. The van der Waals surface area contributed by atoms with E-state index in [2.05, 4.69) is 0 Å². The standard InChI is InChI=1S/C14H13Cl3O/c1-14(2)10(12(14)13(17)18)7-11(16)8-3-5-9(15)6-4-8/h3-7,10,12H,1-2H3/t10-,12+/m0/s1. The summed E-state index contributed by atoms with van der Waals surface area (Å²) in [7, 11) is 0. The highest BCUT2D eigenvalue weighted by Gasteiger charge is 2.60. The summed E-state index contributed by atoms with van der Waals surface area (Å²) in [5.41, 5.74) is 0.787. The molecule has 1 aromatic rings. The summed E-state index contributed by atoms with van der Waals surface area (Å²) in [5.74, 6) is -0.0362. The molecule has 18 heavy (non-hydrogen) atoms. The van der Waals surface area contributed by atoms with Crippen LogP contribution in [0.2, 0.25) is 5.02 Å². The fourth-order valence-electron chi connectivity index (χ4n) is 2.29. The Morgan fingerprint density at radius 3 is 2.22 bits per heavy atom. The lowest BCUT2D eigenvalue weighted by Gasteiger charge is -2.01. The Kier molecular flexibility index (Phi) is 3.77. The van der Waals surface area contributed by atoms with E-state index in [1.807, 2.05) is 32.1 Å². The molecule has 0 heterocycles. The van der Waals surface area contributed by atoms with E-state index in [1.54, 1.807) is 12.1 Å². The normalized spacial score (nSPS) is 25.9. The number of carbonyl (C=O) groups is 1. The van der Waals surface area contributed by atoms with E-state index in [0.717, 1.165) is 5.56 Å². The largest absolute Gasteiger partial charge is 0.281 e. The maximum Gasteiger partial charge on any atom is 0.225 e. The van der Waals surface area contributed by atoms with Crippen molar-refractivity contribution < 1.29 is 4.79 Å². The van der Waals surface area contributed by atoms with Crippen LogP contribution in [-0.2, 0) is 4.79 Å². The van der Waals surface area contributed by atoms with Crippen LogP contribution in [0.15, 0.2) is 30.3 Å². The molecule has 0 aromatic heterocycles. The molecule has 0 amide bonds. The summed E-state index contributed by atoms with van der Waals surface area (Å²) >= 11 is 17.7. The monoisotopic (exact) mass is 302 g/mol. The molecule has 2 rings (SSSR count). The van der Waals surface area contributed by atoms with E-state index in [0.29, 0.717) is 10.1 Å². The van der Waals surface area contributed by atoms with E-state index < -0.39 is 0 Å². The SMILES string of the molecule is CC1(C)[C@@H](C=C(Cl)c2ccc(Cl)cc2)[C@@H]1C(=O)Cl. The number of hydrogen-bond acceptors (Lipinski definition) is 1. The lowest BCUT2D eigenvalue weighted by Crippen LogP contribution is -1.96. The van der Waals surface area contributed by atoms with Crippen LogP contribution in [0.3, 0.4) is 0 Å². The van der Waals surface area contributed by atoms with Gasteiger partial charge in [-0.1, -0.05) is 55.3 Å². The number of allylic oxidation sites excluding steroid dienone is 1. The van der Waals surface area contributed by atoms with Crippen molar-refractivity contribution in [3.63, 3.8) is 0 Å². The third-order valence-corrected chi connectivity index (χ3v) is 4.43. The molecule has 0 radical (unpaired) electrons. The zero-order chi connectivity index (χ0) is 13.5. The van der Waals surface area contributed by atoms with Gasteiger partial charge >= 0.3 is 0 Å². The maximum absolute atomic E-state index is 11.3. The zero-order valence-corrected chi connectivity index (χ0v) is 12.4. The lowest BCUT2D eigenvalue weighted by atomic mass is 10.1. The molecule has 1 aliphatic rings. The predicted molar refractivity (Wildman–Crippen MR) is 76.9 cm³/mol. The molecule has 1 aromatic carbocycles. The van der Waals surface area contributed by atoms with E-state index in [1.165, 1.54) is 0 Å². The molecule has 1 nitrogen and oxygen atoms in total. The quantitative estimate of drug-likeness (QED) is 0.721. The van der Waals surface area contributed by atoms with Gasteiger partial charge in [0.1, 0.15) is 0 Å². The fraction of sp³-hybridized carbons (Fsp3) is 0.357. The third-order valence-electron chi connectivity index (χ3n) is 3.60. The van der Waals surface area contributed by atoms with E-state index >= 15 is 0 Å². The summed E-state index contributed by atoms with van der Waals surface area (Å²) in [6.07, 6.45) is 1.91. The topological polar surface area (TPSA) is 17.1 Å². The molecule has 1 saturated carbocycles. The molecule has 1 aliphatic carbocycles. The molecule has 0 aliphatic heterocycles. The summed E-state index contributed by atoms with van der Waals surface area (Å²) < 4.78 is 0. The van der Waals surface area contributed by atoms with Gasteiger partial charge in [-0.05, 0) is 40.6 Å². The first-order chi connectivity index (χ1) is 8.34. The van der Waals surface area contributed by atoms with Gasteiger partial charge in [-0.3, -0.25) is 4.79 Å². The number of benzene rings is 1. The van der Waals surface area contributed by atoms with Gasteiger partial charge in [-0.15, -0.1) is 0 Å². The number of halogens is 3. The zero-order valence-electron chi connectivity index (χ0n) is 10.1. The van der Waals surface area contributed by atoms with Crippen molar-refractivity contribution in [2.24, 2.45) is 17.3 Å². The maximum atomic E-state index is 11.3. The van der Waals surface area contributed by atoms with Gasteiger partial charge in [0.25, 0.3) is 0 Å². The van der Waals surface area contributed by atoms with Crippen LogP contribution in [0, 0.1) is 17.3 Å². The van der Waals surface area contributed by atoms with Crippen molar-refractivity contribution in [2.45, 2.75) is 13.8 Å². The molecular weight excluding hydrogens is 291 g/mol. The van der Waals surface area contributed by atoms with Crippen molar-refractivity contribution >= 4 is 45.1 Å². The van der Waals surface area contributed by atoms with Gasteiger partial charge in [-0.2, -0.15) is 0 Å². The summed E-state index contributed by atoms with van der Waals surface area (Å²) in [6.45, 7) is 4.04. The molecule has 0 unspecified atom stereocenters. The first-order valence-electron chi connectivity index (χ1n) is 5.66. The number of rotatable bonds is 3. The molecule has 2 atom stereocenters. The van der Waals surface area contributed by atoms with Crippen LogP contribution >= 0.6 is 34.8 Å². The average Bonchev–Trinajstić information content (AvgIpc) is 2.81. The van der Waals surface area contributed by atoms with Gasteiger partial charge in [0.15, 0.2) is 0 Å². The second-order valence-electron chi connectivity index (χ2n) is 5.15. The van der Waals surface area contributed by atoms with Crippen LogP contribution in [0.5, 0.6) is 0 Å². The number of carbonyl (C=O) groups excluding carboxylic acids is 1. The van der Waals surface area contributed by atoms with E-state index in [9.17, 15) is 4.79 Å². The molecular formula is C14H13Cl3O. The van der Waals surface area contributed by atoms with Crippen molar-refractivity contribution in [3.8, 4) is 0 Å². The lowest BCUT2D eigenvalue weighted by molar-refractivity contribution is -0.113. The highest BCUT2D eigenvalue weighted by molar-refractivity contribution is 6.64. The van der Waals surface area contributed by atoms with Crippen molar-refractivity contribution in [2.75, 3.05) is 0 Å². The molecule has 0 bridgehead atoms. The van der Waals surface area contributed by atoms with Crippen LogP contribution < -0.4 is 0 Å². The first-order valence-corrected chi connectivity index (χ1v) is 6.80. The van der Waals surface area contributed by atoms with E-state index in [4.69, 9.17) is 34.8 Å². The summed E-state index contributed by atoms with van der Waals surface area (Å²) in [5, 5.41) is 1.01. The minimum absolute atomic E-state index is 0.102. The smallest absolute Gasteiger partial charge is 0.225 e. The fourth-order valence-corrected chi connectivity index (χ4v) is 3.09. The van der Waals surface area contributed by atoms with Crippen LogP contribution in [0.25, 0.3) is 5.03 Å². The highest BCUT2D eigenvalue weighted by atomic mass is 35.5. The van der Waals surface area contributed by atoms with Gasteiger partial charge in [0.05, 0.1) is 0 Å². The van der Waals surface area contributed by atoms with Crippen molar-refractivity contribution in [1.29, 1.82) is 0 Å². The summed E-state index contributed by atoms with van der Waals surface area (Å²) in [4.78, 5) is 11.3. The second-order valence-corrected chi connectivity index (χ2v) is 6.37. The van der Waals surface area contributed by atoms with Crippen LogP contribution in [-0.4, -0.2) is 5.24 Å². The van der Waals surface area contributed by atoms with Crippen molar-refractivity contribution in [3.05, 3.63) is 40.9 Å². The van der Waals surface area contributed by atoms with E-state index in [-0.39, 0.29) is 22.5 Å². The third kappa shape index (κ3) is 2.59. The predicted octanol–water partition coefficient (Wildman–Crippen LogP) is 4.96. The van der Waals surface area contributed by atoms with Crippen LogP contribution in [0.4, 0.5) is 0 Å². The minimum atomic E-state index is -0.290. The molecule has 96 valence electrons. The Balaban J connectivity index is 2.20. The minimum Gasteiger partial charge on any atom is -0.281 e. The van der Waals surface area contributed by atoms with Crippen molar-refractivity contribution in [1.82, 2.24) is 0 Å². The summed E-state index contributed by atoms with van der Waals surface area (Å²) in [6, 6.07) is 7.28. The Hall–Kier alpha value is -0.500. The highest BCUT2D eigenvalue weighted by Crippen LogP contribution is 2.60. The Bertz CT molecular complexity index is 502. The molecule has 1 fully saturated rings. The number of hydrogen-bond donors (Lipinski definition) is 0. The Labute approximate surface area is 122 Å². The van der Waals surface area contributed by atoms with Gasteiger partial charge in [-0.25, -0.2) is 0 Å². The van der Waals surface area contributed by atoms with Gasteiger partial charge < -0.3 is 0 Å².